The molecule has 26 heavy (non-hydrogen) atoms. The number of carbonyl (C=O) groups excluding carboxylic acids is 2. The molecule has 0 spiro atoms. The van der Waals surface area contributed by atoms with Gasteiger partial charge in [-0.05, 0) is 42.2 Å². The monoisotopic (exact) mass is 374 g/mol. The highest BCUT2D eigenvalue weighted by Crippen LogP contribution is 2.27. The van der Waals surface area contributed by atoms with E-state index in [1.165, 1.54) is 19.1 Å². The highest BCUT2D eigenvalue weighted by Gasteiger charge is 2.11. The van der Waals surface area contributed by atoms with Gasteiger partial charge in [0.15, 0.2) is 11.5 Å². The van der Waals surface area contributed by atoms with E-state index < -0.39 is 0 Å². The summed E-state index contributed by atoms with van der Waals surface area (Å²) in [6.45, 7) is 0.315. The summed E-state index contributed by atoms with van der Waals surface area (Å²) in [6.07, 6.45) is 2.01. The van der Waals surface area contributed by atoms with Crippen molar-refractivity contribution in [2.45, 2.75) is 11.4 Å². The minimum Gasteiger partial charge on any atom is -0.493 e. The molecule has 2 aromatic rings. The summed E-state index contributed by atoms with van der Waals surface area (Å²) in [4.78, 5) is 25.3. The molecule has 2 amide bonds. The Balaban J connectivity index is 1.83. The van der Waals surface area contributed by atoms with E-state index >= 15 is 0 Å². The Morgan fingerprint density at radius 2 is 1.65 bits per heavy atom. The molecule has 6 nitrogen and oxygen atoms in total. The number of rotatable bonds is 8. The summed E-state index contributed by atoms with van der Waals surface area (Å²) < 4.78 is 10.3. The van der Waals surface area contributed by atoms with Gasteiger partial charge in [-0.15, -0.1) is 11.8 Å². The van der Waals surface area contributed by atoms with Crippen molar-refractivity contribution < 1.29 is 19.1 Å². The van der Waals surface area contributed by atoms with Crippen LogP contribution in [0.2, 0.25) is 0 Å². The molecule has 0 aliphatic heterocycles. The smallest absolute Gasteiger partial charge is 0.251 e. The zero-order chi connectivity index (χ0) is 18.9. The number of ether oxygens (including phenoxy) is 2. The number of thioether (sulfide) groups is 1. The van der Waals surface area contributed by atoms with Crippen LogP contribution in [0.3, 0.4) is 0 Å². The first-order chi connectivity index (χ1) is 12.6. The number of hydrogen-bond acceptors (Lipinski definition) is 5. The normalized spacial score (nSPS) is 10.1. The number of nitrogens with one attached hydrogen (secondary N) is 2. The second-order valence-corrected chi connectivity index (χ2v) is 6.26. The Kier molecular flexibility index (Phi) is 7.35. The van der Waals surface area contributed by atoms with E-state index in [4.69, 9.17) is 9.47 Å². The summed E-state index contributed by atoms with van der Waals surface area (Å²) in [7, 11) is 3.02. The maximum atomic E-state index is 12.2. The number of benzene rings is 2. The molecule has 2 aromatic carbocycles. The first-order valence-corrected chi connectivity index (χ1v) is 9.19. The lowest BCUT2D eigenvalue weighted by molar-refractivity contribution is -0.120. The molecule has 0 aliphatic carbocycles. The number of methoxy groups -OCH3 is 2. The average molecular weight is 374 g/mol. The molecule has 7 heteroatoms. The van der Waals surface area contributed by atoms with Crippen molar-refractivity contribution in [1.29, 1.82) is 0 Å². The molecule has 0 fully saturated rings. The molecule has 0 unspecified atom stereocenters. The third-order valence-electron chi connectivity index (χ3n) is 3.70. The second-order valence-electron chi connectivity index (χ2n) is 5.38. The van der Waals surface area contributed by atoms with Crippen LogP contribution in [0.15, 0.2) is 47.4 Å². The molecule has 0 aliphatic rings. The molecule has 0 bridgehead atoms. The van der Waals surface area contributed by atoms with E-state index in [0.717, 1.165) is 5.56 Å². The molecule has 2 N–H and O–H groups in total. The van der Waals surface area contributed by atoms with Gasteiger partial charge in [0.25, 0.3) is 5.91 Å². The lowest BCUT2D eigenvalue weighted by atomic mass is 10.2. The van der Waals surface area contributed by atoms with Crippen molar-refractivity contribution in [3.8, 4) is 11.5 Å². The summed E-state index contributed by atoms with van der Waals surface area (Å²) in [5.74, 6) is 0.380. The van der Waals surface area contributed by atoms with Gasteiger partial charge in [-0.2, -0.15) is 0 Å². The van der Waals surface area contributed by atoms with Gasteiger partial charge in [0.05, 0.1) is 20.8 Å². The summed E-state index contributed by atoms with van der Waals surface area (Å²) in [5.41, 5.74) is 1.39. The molecular weight excluding hydrogens is 352 g/mol. The van der Waals surface area contributed by atoms with Gasteiger partial charge in [0.2, 0.25) is 5.91 Å². The molecule has 0 heterocycles. The largest absolute Gasteiger partial charge is 0.493 e. The van der Waals surface area contributed by atoms with E-state index in [1.54, 1.807) is 30.0 Å². The first-order valence-electron chi connectivity index (χ1n) is 7.97. The summed E-state index contributed by atoms with van der Waals surface area (Å²) in [5, 5.41) is 5.37. The van der Waals surface area contributed by atoms with Crippen LogP contribution >= 0.6 is 11.8 Å². The van der Waals surface area contributed by atoms with E-state index in [2.05, 4.69) is 10.6 Å². The van der Waals surface area contributed by atoms with Gasteiger partial charge in [-0.3, -0.25) is 9.59 Å². The van der Waals surface area contributed by atoms with Crippen molar-refractivity contribution >= 4 is 23.6 Å². The third kappa shape index (κ3) is 5.42. The van der Waals surface area contributed by atoms with Gasteiger partial charge >= 0.3 is 0 Å². The maximum Gasteiger partial charge on any atom is 0.251 e. The van der Waals surface area contributed by atoms with E-state index in [9.17, 15) is 9.59 Å². The molecule has 0 saturated heterocycles. The molecular formula is C19H22N2O4S. The zero-order valence-electron chi connectivity index (χ0n) is 15.0. The molecule has 0 aromatic heterocycles. The fraction of sp³-hybridized carbons (Fsp3) is 0.263. The predicted molar refractivity (Wildman–Crippen MR) is 102 cm³/mol. The Morgan fingerprint density at radius 3 is 2.27 bits per heavy atom. The van der Waals surface area contributed by atoms with Crippen LogP contribution < -0.4 is 20.1 Å². The molecule has 2 rings (SSSR count). The highest BCUT2D eigenvalue weighted by atomic mass is 32.2. The van der Waals surface area contributed by atoms with Crippen LogP contribution in [0.5, 0.6) is 11.5 Å². The Bertz CT molecular complexity index is 763. The number of hydrogen-bond donors (Lipinski definition) is 2. The van der Waals surface area contributed by atoms with Crippen molar-refractivity contribution in [2.24, 2.45) is 0 Å². The fourth-order valence-corrected chi connectivity index (χ4v) is 2.65. The summed E-state index contributed by atoms with van der Waals surface area (Å²) in [6, 6.07) is 12.8. The van der Waals surface area contributed by atoms with Crippen molar-refractivity contribution in [3.05, 3.63) is 53.6 Å². The maximum absolute atomic E-state index is 12.2. The van der Waals surface area contributed by atoms with Crippen LogP contribution in [0, 0.1) is 0 Å². The second kappa shape index (κ2) is 9.72. The van der Waals surface area contributed by atoms with E-state index in [1.807, 2.05) is 30.5 Å². The number of amides is 2. The van der Waals surface area contributed by atoms with Crippen LogP contribution in [-0.2, 0) is 11.3 Å². The van der Waals surface area contributed by atoms with Crippen LogP contribution in [0.1, 0.15) is 15.9 Å². The fourth-order valence-electron chi connectivity index (χ4n) is 2.25. The Morgan fingerprint density at radius 1 is 0.962 bits per heavy atom. The lowest BCUT2D eigenvalue weighted by Crippen LogP contribution is -2.36. The molecule has 138 valence electrons. The molecule has 0 atom stereocenters. The predicted octanol–water partition coefficient (Wildman–Crippen LogP) is 2.47. The molecule has 0 saturated carbocycles. The lowest BCUT2D eigenvalue weighted by Gasteiger charge is -2.10. The van der Waals surface area contributed by atoms with Crippen LogP contribution in [0.4, 0.5) is 0 Å². The van der Waals surface area contributed by atoms with Gasteiger partial charge in [-0.25, -0.2) is 0 Å². The van der Waals surface area contributed by atoms with E-state index in [0.29, 0.717) is 23.6 Å². The third-order valence-corrected chi connectivity index (χ3v) is 4.45. The highest BCUT2D eigenvalue weighted by molar-refractivity contribution is 7.98. The first kappa shape index (κ1) is 19.7. The minimum absolute atomic E-state index is 0.101. The van der Waals surface area contributed by atoms with Gasteiger partial charge in [0.1, 0.15) is 0 Å². The Hall–Kier alpha value is -2.67. The average Bonchev–Trinajstić information content (AvgIpc) is 2.70. The zero-order valence-corrected chi connectivity index (χ0v) is 15.8. The topological polar surface area (TPSA) is 76.7 Å². The van der Waals surface area contributed by atoms with Gasteiger partial charge in [-0.1, -0.05) is 12.1 Å². The minimum atomic E-state index is -0.356. The Labute approximate surface area is 157 Å². The molecule has 0 radical (unpaired) electrons. The van der Waals surface area contributed by atoms with Crippen molar-refractivity contribution in [1.82, 2.24) is 10.6 Å². The van der Waals surface area contributed by atoms with Crippen LogP contribution in [-0.4, -0.2) is 38.8 Å². The van der Waals surface area contributed by atoms with Gasteiger partial charge < -0.3 is 20.1 Å². The summed E-state index contributed by atoms with van der Waals surface area (Å²) >= 11 is 1.66. The van der Waals surface area contributed by atoms with Crippen molar-refractivity contribution in [3.63, 3.8) is 0 Å². The van der Waals surface area contributed by atoms with E-state index in [-0.39, 0.29) is 18.4 Å². The standard InChI is InChI=1S/C19H22N2O4S/c1-24-16-9-6-14(10-17(16)25-2)19(23)21-12-18(22)20-11-13-4-7-15(26-3)8-5-13/h4-10H,11-12H2,1-3H3,(H,20,22)(H,21,23). The SMILES string of the molecule is COc1ccc(C(=O)NCC(=O)NCc2ccc(SC)cc2)cc1OC. The van der Waals surface area contributed by atoms with Crippen molar-refractivity contribution in [2.75, 3.05) is 27.0 Å². The van der Waals surface area contributed by atoms with Crippen LogP contribution in [0.25, 0.3) is 0 Å². The number of carbonyl (C=O) groups is 2. The van der Waals surface area contributed by atoms with Gasteiger partial charge in [0, 0.05) is 17.0 Å². The quantitative estimate of drug-likeness (QED) is 0.694.